The fourth-order valence-electron chi connectivity index (χ4n) is 2.87. The van der Waals surface area contributed by atoms with Crippen LogP contribution in [0.25, 0.3) is 0 Å². The minimum absolute atomic E-state index is 0.0629. The van der Waals surface area contributed by atoms with Crippen molar-refractivity contribution >= 4 is 0 Å². The Balaban J connectivity index is 1.66. The summed E-state index contributed by atoms with van der Waals surface area (Å²) in [4.78, 5) is 2.49. The van der Waals surface area contributed by atoms with E-state index in [9.17, 15) is 0 Å². The Morgan fingerprint density at radius 1 is 1.30 bits per heavy atom. The number of piperazine rings is 1. The van der Waals surface area contributed by atoms with E-state index in [-0.39, 0.29) is 6.10 Å². The van der Waals surface area contributed by atoms with Crippen molar-refractivity contribution < 1.29 is 9.47 Å². The SMILES string of the molecule is CC1(C)OCC(c2cccc(CN3CCNCC3)c2)O1. The van der Waals surface area contributed by atoms with Crippen LogP contribution in [-0.4, -0.2) is 43.5 Å². The first-order valence-corrected chi connectivity index (χ1v) is 7.46. The van der Waals surface area contributed by atoms with E-state index in [4.69, 9.17) is 9.47 Å². The molecule has 0 amide bonds. The number of hydrogen-bond acceptors (Lipinski definition) is 4. The maximum absolute atomic E-state index is 5.93. The highest BCUT2D eigenvalue weighted by atomic mass is 16.7. The van der Waals surface area contributed by atoms with Crippen molar-refractivity contribution in [2.75, 3.05) is 32.8 Å². The zero-order valence-electron chi connectivity index (χ0n) is 12.4. The van der Waals surface area contributed by atoms with Crippen LogP contribution in [-0.2, 0) is 16.0 Å². The quantitative estimate of drug-likeness (QED) is 0.914. The molecular formula is C16H24N2O2. The monoisotopic (exact) mass is 276 g/mol. The molecule has 3 rings (SSSR count). The standard InChI is InChI=1S/C16H24N2O2/c1-16(2)19-12-15(20-16)14-5-3-4-13(10-14)11-18-8-6-17-7-9-18/h3-5,10,15,17H,6-9,11-12H2,1-2H3. The van der Waals surface area contributed by atoms with Crippen molar-refractivity contribution in [2.45, 2.75) is 32.3 Å². The van der Waals surface area contributed by atoms with Gasteiger partial charge >= 0.3 is 0 Å². The molecule has 4 nitrogen and oxygen atoms in total. The molecule has 0 radical (unpaired) electrons. The molecule has 0 aromatic heterocycles. The maximum atomic E-state index is 5.93. The zero-order valence-corrected chi connectivity index (χ0v) is 12.4. The number of rotatable bonds is 3. The fourth-order valence-corrected chi connectivity index (χ4v) is 2.87. The van der Waals surface area contributed by atoms with E-state index in [1.165, 1.54) is 11.1 Å². The minimum Gasteiger partial charge on any atom is -0.347 e. The molecular weight excluding hydrogens is 252 g/mol. The largest absolute Gasteiger partial charge is 0.347 e. The highest BCUT2D eigenvalue weighted by molar-refractivity contribution is 5.26. The van der Waals surface area contributed by atoms with Crippen LogP contribution in [0.15, 0.2) is 24.3 Å². The summed E-state index contributed by atoms with van der Waals surface area (Å²) in [6.07, 6.45) is 0.0629. The van der Waals surface area contributed by atoms with Crippen molar-refractivity contribution in [1.82, 2.24) is 10.2 Å². The average Bonchev–Trinajstić information content (AvgIpc) is 2.81. The van der Waals surface area contributed by atoms with Gasteiger partial charge < -0.3 is 14.8 Å². The normalized spacial score (nSPS) is 26.8. The third-order valence-corrected chi connectivity index (χ3v) is 3.95. The molecule has 20 heavy (non-hydrogen) atoms. The first-order chi connectivity index (χ1) is 9.62. The summed E-state index contributed by atoms with van der Waals surface area (Å²) in [5.41, 5.74) is 2.58. The van der Waals surface area contributed by atoms with Crippen molar-refractivity contribution in [2.24, 2.45) is 0 Å². The van der Waals surface area contributed by atoms with Gasteiger partial charge in [0, 0.05) is 32.7 Å². The first-order valence-electron chi connectivity index (χ1n) is 7.46. The van der Waals surface area contributed by atoms with E-state index in [0.29, 0.717) is 6.61 Å². The van der Waals surface area contributed by atoms with Crippen molar-refractivity contribution in [1.29, 1.82) is 0 Å². The molecule has 1 aromatic carbocycles. The van der Waals surface area contributed by atoms with Gasteiger partial charge in [0.15, 0.2) is 5.79 Å². The lowest BCUT2D eigenvalue weighted by molar-refractivity contribution is -0.139. The molecule has 0 saturated carbocycles. The van der Waals surface area contributed by atoms with Gasteiger partial charge in [0.05, 0.1) is 6.61 Å². The number of benzene rings is 1. The second-order valence-electron chi connectivity index (χ2n) is 6.09. The molecule has 0 bridgehead atoms. The summed E-state index contributed by atoms with van der Waals surface area (Å²) in [5, 5.41) is 3.39. The molecule has 2 heterocycles. The van der Waals surface area contributed by atoms with Gasteiger partial charge in [0.2, 0.25) is 0 Å². The van der Waals surface area contributed by atoms with Gasteiger partial charge in [-0.05, 0) is 25.0 Å². The smallest absolute Gasteiger partial charge is 0.163 e. The van der Waals surface area contributed by atoms with Crippen molar-refractivity contribution in [3.63, 3.8) is 0 Å². The second-order valence-corrected chi connectivity index (χ2v) is 6.09. The van der Waals surface area contributed by atoms with Crippen LogP contribution in [0.4, 0.5) is 0 Å². The molecule has 0 aliphatic carbocycles. The van der Waals surface area contributed by atoms with Crippen LogP contribution in [0.5, 0.6) is 0 Å². The van der Waals surface area contributed by atoms with Gasteiger partial charge in [-0.3, -0.25) is 4.90 Å². The molecule has 4 heteroatoms. The Labute approximate surface area is 121 Å². The molecule has 1 aromatic rings. The Bertz CT molecular complexity index is 456. The third-order valence-electron chi connectivity index (χ3n) is 3.95. The summed E-state index contributed by atoms with van der Waals surface area (Å²) >= 11 is 0. The zero-order chi connectivity index (χ0) is 14.0. The van der Waals surface area contributed by atoms with E-state index in [1.807, 2.05) is 13.8 Å². The summed E-state index contributed by atoms with van der Waals surface area (Å²) in [6, 6.07) is 8.72. The molecule has 1 N–H and O–H groups in total. The van der Waals surface area contributed by atoms with Crippen LogP contribution >= 0.6 is 0 Å². The predicted octanol–water partition coefficient (Wildman–Crippen LogP) is 1.92. The molecule has 2 fully saturated rings. The van der Waals surface area contributed by atoms with E-state index in [0.717, 1.165) is 32.7 Å². The average molecular weight is 276 g/mol. The van der Waals surface area contributed by atoms with Gasteiger partial charge in [0.25, 0.3) is 0 Å². The van der Waals surface area contributed by atoms with Gasteiger partial charge in [0.1, 0.15) is 6.10 Å². The lowest BCUT2D eigenvalue weighted by Gasteiger charge is -2.27. The van der Waals surface area contributed by atoms with Gasteiger partial charge in [-0.25, -0.2) is 0 Å². The Morgan fingerprint density at radius 2 is 2.10 bits per heavy atom. The molecule has 1 unspecified atom stereocenters. The first kappa shape index (κ1) is 14.0. The Morgan fingerprint density at radius 3 is 2.80 bits per heavy atom. The lowest BCUT2D eigenvalue weighted by atomic mass is 10.1. The lowest BCUT2D eigenvalue weighted by Crippen LogP contribution is -2.42. The van der Waals surface area contributed by atoms with Crippen LogP contribution in [0.1, 0.15) is 31.1 Å². The summed E-state index contributed by atoms with van der Waals surface area (Å²) in [7, 11) is 0. The van der Waals surface area contributed by atoms with E-state index >= 15 is 0 Å². The predicted molar refractivity (Wildman–Crippen MR) is 78.4 cm³/mol. The Kier molecular flexibility index (Phi) is 4.08. The topological polar surface area (TPSA) is 33.7 Å². The van der Waals surface area contributed by atoms with Gasteiger partial charge in [-0.2, -0.15) is 0 Å². The number of nitrogens with one attached hydrogen (secondary N) is 1. The van der Waals surface area contributed by atoms with E-state index in [1.54, 1.807) is 0 Å². The number of nitrogens with zero attached hydrogens (tertiary/aromatic N) is 1. The molecule has 110 valence electrons. The summed E-state index contributed by atoms with van der Waals surface area (Å²) in [5.74, 6) is -0.459. The highest BCUT2D eigenvalue weighted by Crippen LogP contribution is 2.33. The fraction of sp³-hybridized carbons (Fsp3) is 0.625. The molecule has 2 aliphatic rings. The van der Waals surface area contributed by atoms with Crippen molar-refractivity contribution in [3.05, 3.63) is 35.4 Å². The highest BCUT2D eigenvalue weighted by Gasteiger charge is 2.33. The second kappa shape index (κ2) is 5.82. The van der Waals surface area contributed by atoms with Crippen LogP contribution in [0.2, 0.25) is 0 Å². The van der Waals surface area contributed by atoms with Crippen molar-refractivity contribution in [3.8, 4) is 0 Å². The van der Waals surface area contributed by atoms with Crippen LogP contribution in [0, 0.1) is 0 Å². The van der Waals surface area contributed by atoms with Gasteiger partial charge in [-0.1, -0.05) is 24.3 Å². The Hall–Kier alpha value is -0.940. The molecule has 0 spiro atoms. The third kappa shape index (κ3) is 3.38. The van der Waals surface area contributed by atoms with Crippen LogP contribution < -0.4 is 5.32 Å². The minimum atomic E-state index is -0.459. The summed E-state index contributed by atoms with van der Waals surface area (Å²) < 4.78 is 11.6. The molecule has 2 aliphatic heterocycles. The van der Waals surface area contributed by atoms with Crippen LogP contribution in [0.3, 0.4) is 0 Å². The van der Waals surface area contributed by atoms with E-state index in [2.05, 4.69) is 34.5 Å². The van der Waals surface area contributed by atoms with E-state index < -0.39 is 5.79 Å². The number of hydrogen-bond donors (Lipinski definition) is 1. The van der Waals surface area contributed by atoms with Gasteiger partial charge in [-0.15, -0.1) is 0 Å². The molecule has 2 saturated heterocycles. The maximum Gasteiger partial charge on any atom is 0.163 e. The summed E-state index contributed by atoms with van der Waals surface area (Å²) in [6.45, 7) is 10.0. The number of ether oxygens (including phenoxy) is 2. The molecule has 1 atom stereocenters.